The molecule has 2 saturated heterocycles. The molecule has 0 radical (unpaired) electrons. The number of likely N-dealkylation sites (tertiary alicyclic amines) is 1. The van der Waals surface area contributed by atoms with E-state index in [-0.39, 0.29) is 24.4 Å². The summed E-state index contributed by atoms with van der Waals surface area (Å²) >= 11 is 0. The maximum Gasteiger partial charge on any atom is 0.227 e. The van der Waals surface area contributed by atoms with Gasteiger partial charge in [-0.2, -0.15) is 0 Å². The van der Waals surface area contributed by atoms with Crippen molar-refractivity contribution >= 4 is 11.9 Å². The van der Waals surface area contributed by atoms with E-state index in [0.29, 0.717) is 30.1 Å². The number of ether oxygens (including phenoxy) is 2. The maximum absolute atomic E-state index is 14.4. The Morgan fingerprint density at radius 2 is 1.75 bits per heavy atom. The Bertz CT molecular complexity index is 1050. The third-order valence-electron chi connectivity index (χ3n) is 7.65. The molecule has 0 N–H and O–H groups in total. The molecule has 5 rings (SSSR count). The molecule has 194 valence electrons. The zero-order valence-electron chi connectivity index (χ0n) is 20.3. The molecule has 0 spiro atoms. The zero-order valence-corrected chi connectivity index (χ0v) is 20.3. The Morgan fingerprint density at radius 1 is 1.08 bits per heavy atom. The molecule has 3 aliphatic rings. The predicted octanol–water partition coefficient (Wildman–Crippen LogP) is 3.81. The van der Waals surface area contributed by atoms with Crippen LogP contribution in [0.4, 0.5) is 19.1 Å². The number of piperidine rings is 1. The number of methoxy groups -OCH3 is 1. The number of carbonyl (C=O) groups is 1. The van der Waals surface area contributed by atoms with Gasteiger partial charge in [0.05, 0.1) is 45.6 Å². The van der Waals surface area contributed by atoms with Crippen LogP contribution in [-0.2, 0) is 11.2 Å². The maximum atomic E-state index is 14.4. The smallest absolute Gasteiger partial charge is 0.227 e. The van der Waals surface area contributed by atoms with Crippen molar-refractivity contribution in [2.75, 3.05) is 44.8 Å². The van der Waals surface area contributed by atoms with Crippen molar-refractivity contribution in [3.05, 3.63) is 41.7 Å². The van der Waals surface area contributed by atoms with E-state index in [4.69, 9.17) is 9.47 Å². The molecule has 1 aliphatic carbocycles. The lowest BCUT2D eigenvalue weighted by Crippen LogP contribution is -2.52. The van der Waals surface area contributed by atoms with E-state index in [9.17, 15) is 18.0 Å². The normalized spacial score (nSPS) is 22.3. The quantitative estimate of drug-likeness (QED) is 0.518. The first-order valence-electron chi connectivity index (χ1n) is 12.5. The minimum atomic E-state index is -1.05. The highest BCUT2D eigenvalue weighted by molar-refractivity contribution is 5.79. The lowest BCUT2D eigenvalue weighted by Gasteiger charge is -2.34. The fourth-order valence-electron chi connectivity index (χ4n) is 5.34. The van der Waals surface area contributed by atoms with Crippen molar-refractivity contribution in [2.24, 2.45) is 17.8 Å². The molecule has 1 amide bonds. The number of hydrogen-bond acceptors (Lipinski definition) is 6. The second-order valence-corrected chi connectivity index (χ2v) is 9.98. The van der Waals surface area contributed by atoms with Gasteiger partial charge in [0.2, 0.25) is 11.9 Å². The number of anilines is 1. The first-order valence-corrected chi connectivity index (χ1v) is 12.5. The molecule has 3 fully saturated rings. The van der Waals surface area contributed by atoms with Crippen LogP contribution in [0.25, 0.3) is 0 Å². The van der Waals surface area contributed by atoms with E-state index in [1.807, 2.05) is 0 Å². The minimum absolute atomic E-state index is 0.0123. The molecule has 10 heteroatoms. The number of nitrogens with zero attached hydrogens (tertiary/aromatic N) is 4. The Balaban J connectivity index is 1.04. The summed E-state index contributed by atoms with van der Waals surface area (Å²) in [6, 6.07) is 2.25. The van der Waals surface area contributed by atoms with Gasteiger partial charge in [-0.05, 0) is 43.4 Å². The SMILES string of the molecule is COc1cnc(N2CCC(C3CC3CCOc3cc(F)c(CC(=O)N4CC(F)C4)c(F)c3)CC2)nc1. The summed E-state index contributed by atoms with van der Waals surface area (Å²) < 4.78 is 52.6. The molecule has 2 unspecified atom stereocenters. The van der Waals surface area contributed by atoms with Gasteiger partial charge < -0.3 is 19.3 Å². The first kappa shape index (κ1) is 24.6. The van der Waals surface area contributed by atoms with Crippen LogP contribution in [0.5, 0.6) is 11.5 Å². The number of alkyl halides is 1. The number of rotatable bonds is 9. The number of hydrogen-bond donors (Lipinski definition) is 0. The molecule has 0 bridgehead atoms. The molecule has 3 heterocycles. The summed E-state index contributed by atoms with van der Waals surface area (Å²) in [5.41, 5.74) is -0.303. The molecule has 2 aromatic rings. The van der Waals surface area contributed by atoms with Crippen LogP contribution in [0.15, 0.2) is 24.5 Å². The standard InChI is InChI=1S/C26H31F3N4O3/c1-35-20-12-30-26(31-13-20)32-5-2-16(3-6-32)21-8-17(21)4-7-36-19-9-23(28)22(24(29)10-19)11-25(34)33-14-18(27)15-33/h9-10,12-13,16-18,21H,2-8,11,14-15H2,1H3. The average molecular weight is 505 g/mol. The van der Waals surface area contributed by atoms with E-state index in [2.05, 4.69) is 14.9 Å². The van der Waals surface area contributed by atoms with Crippen LogP contribution in [0.3, 0.4) is 0 Å². The van der Waals surface area contributed by atoms with Crippen molar-refractivity contribution < 1.29 is 27.4 Å². The number of amides is 1. The van der Waals surface area contributed by atoms with Crippen molar-refractivity contribution in [3.8, 4) is 11.5 Å². The molecular formula is C26H31F3N4O3. The van der Waals surface area contributed by atoms with E-state index in [0.717, 1.165) is 56.9 Å². The third kappa shape index (κ3) is 5.52. The molecular weight excluding hydrogens is 473 g/mol. The molecule has 1 aromatic heterocycles. The fourth-order valence-corrected chi connectivity index (χ4v) is 5.34. The molecule has 36 heavy (non-hydrogen) atoms. The van der Waals surface area contributed by atoms with Gasteiger partial charge in [0.1, 0.15) is 23.6 Å². The van der Waals surface area contributed by atoms with Crippen molar-refractivity contribution in [1.82, 2.24) is 14.9 Å². The van der Waals surface area contributed by atoms with Gasteiger partial charge in [-0.1, -0.05) is 0 Å². The van der Waals surface area contributed by atoms with Gasteiger partial charge >= 0.3 is 0 Å². The monoisotopic (exact) mass is 504 g/mol. The molecule has 1 saturated carbocycles. The van der Waals surface area contributed by atoms with Crippen LogP contribution < -0.4 is 14.4 Å². The average Bonchev–Trinajstić information content (AvgIpc) is 3.64. The van der Waals surface area contributed by atoms with Gasteiger partial charge in [-0.15, -0.1) is 0 Å². The van der Waals surface area contributed by atoms with Gasteiger partial charge in [0.25, 0.3) is 0 Å². The molecule has 2 aliphatic heterocycles. The first-order chi connectivity index (χ1) is 17.4. The van der Waals surface area contributed by atoms with Crippen LogP contribution in [0.2, 0.25) is 0 Å². The second-order valence-electron chi connectivity index (χ2n) is 9.98. The number of carbonyl (C=O) groups excluding carboxylic acids is 1. The van der Waals surface area contributed by atoms with E-state index in [1.165, 1.54) is 4.90 Å². The van der Waals surface area contributed by atoms with Crippen LogP contribution in [0, 0.1) is 29.4 Å². The number of benzene rings is 1. The summed E-state index contributed by atoms with van der Waals surface area (Å²) in [6.45, 7) is 2.22. The Morgan fingerprint density at radius 3 is 2.36 bits per heavy atom. The lowest BCUT2D eigenvalue weighted by atomic mass is 9.90. The summed E-state index contributed by atoms with van der Waals surface area (Å²) in [4.78, 5) is 24.3. The van der Waals surface area contributed by atoms with E-state index >= 15 is 0 Å². The highest BCUT2D eigenvalue weighted by Gasteiger charge is 2.43. The summed E-state index contributed by atoms with van der Waals surface area (Å²) in [5, 5.41) is 0. The van der Waals surface area contributed by atoms with Crippen molar-refractivity contribution in [1.29, 1.82) is 0 Å². The molecule has 2 atom stereocenters. The largest absolute Gasteiger partial charge is 0.494 e. The summed E-state index contributed by atoms with van der Waals surface area (Å²) in [7, 11) is 1.59. The van der Waals surface area contributed by atoms with Gasteiger partial charge in [0, 0.05) is 30.8 Å². The fraction of sp³-hybridized carbons (Fsp3) is 0.577. The Hall–Kier alpha value is -3.04. The predicted molar refractivity (Wildman–Crippen MR) is 127 cm³/mol. The van der Waals surface area contributed by atoms with Crippen LogP contribution in [0.1, 0.15) is 31.2 Å². The minimum Gasteiger partial charge on any atom is -0.494 e. The number of halogens is 3. The highest BCUT2D eigenvalue weighted by Crippen LogP contribution is 2.49. The number of aromatic nitrogens is 2. The topological polar surface area (TPSA) is 67.8 Å². The molecule has 1 aromatic carbocycles. The van der Waals surface area contributed by atoms with E-state index < -0.39 is 30.1 Å². The van der Waals surface area contributed by atoms with Gasteiger partial charge in [0.15, 0.2) is 5.75 Å². The van der Waals surface area contributed by atoms with Crippen molar-refractivity contribution in [3.63, 3.8) is 0 Å². The van der Waals surface area contributed by atoms with Gasteiger partial charge in [-0.3, -0.25) is 4.79 Å². The van der Waals surface area contributed by atoms with Crippen LogP contribution >= 0.6 is 0 Å². The van der Waals surface area contributed by atoms with Gasteiger partial charge in [-0.25, -0.2) is 23.1 Å². The van der Waals surface area contributed by atoms with Crippen molar-refractivity contribution in [2.45, 2.75) is 38.3 Å². The second kappa shape index (κ2) is 10.5. The highest BCUT2D eigenvalue weighted by atomic mass is 19.1. The Labute approximate surface area is 208 Å². The zero-order chi connectivity index (χ0) is 25.2. The third-order valence-corrected chi connectivity index (χ3v) is 7.65. The lowest BCUT2D eigenvalue weighted by molar-refractivity contribution is -0.137. The molecule has 7 nitrogen and oxygen atoms in total. The van der Waals surface area contributed by atoms with Crippen LogP contribution in [-0.4, -0.2) is 66.8 Å². The summed E-state index contributed by atoms with van der Waals surface area (Å²) in [6.07, 6.45) is 6.10. The van der Waals surface area contributed by atoms with E-state index in [1.54, 1.807) is 19.5 Å². The summed E-state index contributed by atoms with van der Waals surface area (Å²) in [5.74, 6) is 1.31. The Kier molecular flexibility index (Phi) is 7.20.